The van der Waals surface area contributed by atoms with Gasteiger partial charge in [0.05, 0.1) is 6.54 Å². The number of likely N-dealkylation sites (tertiary alicyclic amines) is 1. The monoisotopic (exact) mass is 239 g/mol. The van der Waals surface area contributed by atoms with Gasteiger partial charge in [-0.25, -0.2) is 4.98 Å². The molecule has 0 aliphatic carbocycles. The molecule has 1 aliphatic heterocycles. The van der Waals surface area contributed by atoms with Crippen molar-refractivity contribution < 1.29 is 4.79 Å². The molecule has 0 atom stereocenters. The van der Waals surface area contributed by atoms with Crippen LogP contribution in [0.15, 0.2) is 6.20 Å². The SMILES string of the molecule is Cc1cnc(NCC(=O)N2CCCCC2)s1. The van der Waals surface area contributed by atoms with Crippen molar-refractivity contribution in [3.05, 3.63) is 11.1 Å². The minimum absolute atomic E-state index is 0.188. The Morgan fingerprint density at radius 1 is 1.50 bits per heavy atom. The molecule has 16 heavy (non-hydrogen) atoms. The minimum Gasteiger partial charge on any atom is -0.352 e. The fraction of sp³-hybridized carbons (Fsp3) is 0.636. The van der Waals surface area contributed by atoms with E-state index in [9.17, 15) is 4.79 Å². The number of aromatic nitrogens is 1. The van der Waals surface area contributed by atoms with Gasteiger partial charge in [-0.1, -0.05) is 0 Å². The molecule has 1 fully saturated rings. The highest BCUT2D eigenvalue weighted by Gasteiger charge is 2.16. The van der Waals surface area contributed by atoms with Gasteiger partial charge in [-0.15, -0.1) is 11.3 Å². The number of carbonyl (C=O) groups excluding carboxylic acids is 1. The van der Waals surface area contributed by atoms with E-state index in [0.717, 1.165) is 35.9 Å². The lowest BCUT2D eigenvalue weighted by molar-refractivity contribution is -0.130. The van der Waals surface area contributed by atoms with Crippen molar-refractivity contribution in [2.75, 3.05) is 25.0 Å². The van der Waals surface area contributed by atoms with Crippen LogP contribution >= 0.6 is 11.3 Å². The predicted molar refractivity (Wildman–Crippen MR) is 65.8 cm³/mol. The van der Waals surface area contributed by atoms with Gasteiger partial charge in [-0.05, 0) is 26.2 Å². The van der Waals surface area contributed by atoms with E-state index < -0.39 is 0 Å². The standard InChI is InChI=1S/C11H17N3OS/c1-9-7-12-11(16-9)13-8-10(15)14-5-3-2-4-6-14/h7H,2-6,8H2,1H3,(H,12,13). The molecule has 1 N–H and O–H groups in total. The highest BCUT2D eigenvalue weighted by atomic mass is 32.1. The molecular formula is C11H17N3OS. The van der Waals surface area contributed by atoms with Crippen molar-refractivity contribution in [2.45, 2.75) is 26.2 Å². The Bertz CT molecular complexity index is 358. The Morgan fingerprint density at radius 3 is 2.88 bits per heavy atom. The second-order valence-electron chi connectivity index (χ2n) is 4.07. The smallest absolute Gasteiger partial charge is 0.241 e. The summed E-state index contributed by atoms with van der Waals surface area (Å²) < 4.78 is 0. The molecule has 2 heterocycles. The van der Waals surface area contributed by atoms with Crippen LogP contribution in [0.2, 0.25) is 0 Å². The van der Waals surface area contributed by atoms with E-state index in [1.165, 1.54) is 6.42 Å². The number of hydrogen-bond acceptors (Lipinski definition) is 4. The van der Waals surface area contributed by atoms with Crippen molar-refractivity contribution in [2.24, 2.45) is 0 Å². The Balaban J connectivity index is 1.78. The quantitative estimate of drug-likeness (QED) is 0.876. The van der Waals surface area contributed by atoms with E-state index in [1.54, 1.807) is 11.3 Å². The van der Waals surface area contributed by atoms with Crippen LogP contribution in [0.1, 0.15) is 24.1 Å². The van der Waals surface area contributed by atoms with Crippen molar-refractivity contribution in [1.82, 2.24) is 9.88 Å². The first-order valence-electron chi connectivity index (χ1n) is 5.70. The van der Waals surface area contributed by atoms with E-state index >= 15 is 0 Å². The highest BCUT2D eigenvalue weighted by molar-refractivity contribution is 7.15. The van der Waals surface area contributed by atoms with Gasteiger partial charge in [0.25, 0.3) is 0 Å². The summed E-state index contributed by atoms with van der Waals surface area (Å²) in [6.45, 7) is 4.21. The molecule has 0 unspecified atom stereocenters. The maximum atomic E-state index is 11.8. The minimum atomic E-state index is 0.188. The summed E-state index contributed by atoms with van der Waals surface area (Å²) >= 11 is 1.58. The van der Waals surface area contributed by atoms with Gasteiger partial charge in [-0.3, -0.25) is 4.79 Å². The highest BCUT2D eigenvalue weighted by Crippen LogP contribution is 2.16. The Kier molecular flexibility index (Phi) is 3.77. The van der Waals surface area contributed by atoms with E-state index in [0.29, 0.717) is 6.54 Å². The third-order valence-electron chi connectivity index (χ3n) is 2.72. The van der Waals surface area contributed by atoms with Crippen LogP contribution in [-0.4, -0.2) is 35.4 Å². The van der Waals surface area contributed by atoms with Crippen molar-refractivity contribution in [1.29, 1.82) is 0 Å². The zero-order chi connectivity index (χ0) is 11.4. The molecule has 4 nitrogen and oxygen atoms in total. The molecule has 0 saturated carbocycles. The summed E-state index contributed by atoms with van der Waals surface area (Å²) in [7, 11) is 0. The Hall–Kier alpha value is -1.10. The fourth-order valence-corrected chi connectivity index (χ4v) is 2.50. The fourth-order valence-electron chi connectivity index (χ4n) is 1.84. The Morgan fingerprint density at radius 2 is 2.25 bits per heavy atom. The van der Waals surface area contributed by atoms with Crippen LogP contribution in [0, 0.1) is 6.92 Å². The topological polar surface area (TPSA) is 45.2 Å². The van der Waals surface area contributed by atoms with E-state index in [1.807, 2.05) is 18.0 Å². The number of nitrogens with zero attached hydrogens (tertiary/aromatic N) is 2. The summed E-state index contributed by atoms with van der Waals surface area (Å²) in [5.74, 6) is 0.188. The van der Waals surface area contributed by atoms with Gasteiger partial charge in [0.15, 0.2) is 5.13 Å². The third-order valence-corrected chi connectivity index (χ3v) is 3.59. The number of rotatable bonds is 3. The van der Waals surface area contributed by atoms with Crippen LogP contribution in [0.25, 0.3) is 0 Å². The van der Waals surface area contributed by atoms with Crippen LogP contribution in [0.3, 0.4) is 0 Å². The van der Waals surface area contributed by atoms with Crippen molar-refractivity contribution >= 4 is 22.4 Å². The van der Waals surface area contributed by atoms with Gasteiger partial charge in [0.1, 0.15) is 0 Å². The molecule has 1 amide bonds. The normalized spacial score (nSPS) is 16.2. The third kappa shape index (κ3) is 2.95. The lowest BCUT2D eigenvalue weighted by atomic mass is 10.1. The lowest BCUT2D eigenvalue weighted by Crippen LogP contribution is -2.39. The average Bonchev–Trinajstić information content (AvgIpc) is 2.73. The summed E-state index contributed by atoms with van der Waals surface area (Å²) in [5.41, 5.74) is 0. The molecule has 0 bridgehead atoms. The van der Waals surface area contributed by atoms with E-state index in [2.05, 4.69) is 10.3 Å². The molecule has 1 aliphatic rings. The largest absolute Gasteiger partial charge is 0.352 e. The summed E-state index contributed by atoms with van der Waals surface area (Å²) in [5, 5.41) is 3.91. The van der Waals surface area contributed by atoms with Gasteiger partial charge < -0.3 is 10.2 Å². The van der Waals surface area contributed by atoms with Gasteiger partial charge in [0, 0.05) is 24.2 Å². The van der Waals surface area contributed by atoms with E-state index in [-0.39, 0.29) is 5.91 Å². The molecule has 1 saturated heterocycles. The maximum Gasteiger partial charge on any atom is 0.241 e. The lowest BCUT2D eigenvalue weighted by Gasteiger charge is -2.26. The molecule has 0 spiro atoms. The molecule has 2 rings (SSSR count). The number of piperidine rings is 1. The first-order valence-corrected chi connectivity index (χ1v) is 6.51. The second kappa shape index (κ2) is 5.30. The molecule has 1 aromatic heterocycles. The maximum absolute atomic E-state index is 11.8. The van der Waals surface area contributed by atoms with Gasteiger partial charge in [0.2, 0.25) is 5.91 Å². The van der Waals surface area contributed by atoms with Crippen molar-refractivity contribution in [3.63, 3.8) is 0 Å². The second-order valence-corrected chi connectivity index (χ2v) is 5.31. The summed E-state index contributed by atoms with van der Waals surface area (Å²) in [6.07, 6.45) is 5.35. The number of nitrogens with one attached hydrogen (secondary N) is 1. The van der Waals surface area contributed by atoms with Crippen LogP contribution in [0.4, 0.5) is 5.13 Å². The molecular weight excluding hydrogens is 222 g/mol. The van der Waals surface area contributed by atoms with Crippen LogP contribution in [0.5, 0.6) is 0 Å². The number of amides is 1. The molecule has 0 radical (unpaired) electrons. The van der Waals surface area contributed by atoms with Gasteiger partial charge >= 0.3 is 0 Å². The molecule has 88 valence electrons. The summed E-state index contributed by atoms with van der Waals surface area (Å²) in [4.78, 5) is 19.1. The average molecular weight is 239 g/mol. The molecule has 0 aromatic carbocycles. The summed E-state index contributed by atoms with van der Waals surface area (Å²) in [6, 6.07) is 0. The number of carbonyl (C=O) groups is 1. The molecule has 1 aromatic rings. The zero-order valence-corrected chi connectivity index (χ0v) is 10.3. The molecule has 5 heteroatoms. The van der Waals surface area contributed by atoms with Crippen LogP contribution in [-0.2, 0) is 4.79 Å². The van der Waals surface area contributed by atoms with Crippen molar-refractivity contribution in [3.8, 4) is 0 Å². The number of hydrogen-bond donors (Lipinski definition) is 1. The number of thiazole rings is 1. The number of aryl methyl sites for hydroxylation is 1. The van der Waals surface area contributed by atoms with Crippen LogP contribution < -0.4 is 5.32 Å². The first kappa shape index (κ1) is 11.4. The predicted octanol–water partition coefficient (Wildman–Crippen LogP) is 1.88. The zero-order valence-electron chi connectivity index (χ0n) is 9.53. The first-order chi connectivity index (χ1) is 7.75. The number of anilines is 1. The Labute approximate surface area is 99.7 Å². The van der Waals surface area contributed by atoms with Gasteiger partial charge in [-0.2, -0.15) is 0 Å². The van der Waals surface area contributed by atoms with E-state index in [4.69, 9.17) is 0 Å².